The summed E-state index contributed by atoms with van der Waals surface area (Å²) in [6, 6.07) is -0.795. The topological polar surface area (TPSA) is 115 Å². The number of hydrogen-bond donors (Lipinski definition) is 1. The van der Waals surface area contributed by atoms with Gasteiger partial charge in [-0.3, -0.25) is 4.79 Å². The summed E-state index contributed by atoms with van der Waals surface area (Å²) < 4.78 is 25.7. The molecule has 2 atom stereocenters. The van der Waals surface area contributed by atoms with Crippen molar-refractivity contribution in [3.63, 3.8) is 0 Å². The number of amides is 1. The van der Waals surface area contributed by atoms with Crippen molar-refractivity contribution in [2.45, 2.75) is 18.5 Å². The molecule has 1 N–H and O–H groups in total. The summed E-state index contributed by atoms with van der Waals surface area (Å²) in [5.41, 5.74) is 8.02. The molecule has 0 spiro atoms. The van der Waals surface area contributed by atoms with E-state index in [1.54, 1.807) is 0 Å². The van der Waals surface area contributed by atoms with Gasteiger partial charge in [-0.1, -0.05) is 0 Å². The van der Waals surface area contributed by atoms with E-state index in [1.807, 2.05) is 0 Å². The molecular weight excluding hydrogens is 210 g/mol. The van der Waals surface area contributed by atoms with Gasteiger partial charge in [0.25, 0.3) is 5.91 Å². The van der Waals surface area contributed by atoms with E-state index in [-0.39, 0.29) is 6.04 Å². The van der Waals surface area contributed by atoms with E-state index in [0.29, 0.717) is 17.3 Å². The maximum atomic E-state index is 11.3. The highest BCUT2D eigenvalue weighted by Crippen LogP contribution is 2.30. The molecule has 0 radical (unpaired) electrons. The van der Waals surface area contributed by atoms with E-state index in [9.17, 15) is 13.2 Å². The van der Waals surface area contributed by atoms with E-state index >= 15 is 0 Å². The predicted molar refractivity (Wildman–Crippen MR) is 45.1 cm³/mol. The zero-order valence-electron chi connectivity index (χ0n) is 6.99. The number of carbonyl (C=O) groups excluding carboxylic acids is 1. The molecule has 0 saturated carbocycles. The van der Waals surface area contributed by atoms with Crippen LogP contribution in [0.1, 0.15) is 6.42 Å². The second kappa shape index (κ2) is 2.84. The summed E-state index contributed by atoms with van der Waals surface area (Å²) in [6.45, 7) is 0.601. The van der Waals surface area contributed by atoms with Gasteiger partial charge in [0.2, 0.25) is 0 Å². The number of azide groups is 1. The molecule has 0 aromatic heterocycles. The van der Waals surface area contributed by atoms with Crippen LogP contribution >= 0.6 is 0 Å². The summed E-state index contributed by atoms with van der Waals surface area (Å²) in [7, 11) is -4.12. The first-order valence-electron chi connectivity index (χ1n) is 3.96. The van der Waals surface area contributed by atoms with Crippen LogP contribution in [0.2, 0.25) is 0 Å². The van der Waals surface area contributed by atoms with E-state index in [4.69, 9.17) is 5.53 Å². The van der Waals surface area contributed by atoms with Crippen LogP contribution in [0.25, 0.3) is 10.4 Å². The summed E-state index contributed by atoms with van der Waals surface area (Å²) in [4.78, 5) is 13.4. The first-order valence-corrected chi connectivity index (χ1v) is 5.35. The van der Waals surface area contributed by atoms with Crippen LogP contribution in [-0.2, 0) is 15.0 Å². The number of hydrogen-bond acceptors (Lipinski definition) is 4. The average Bonchev–Trinajstić information content (AvgIpc) is 2.46. The Morgan fingerprint density at radius 2 is 2.36 bits per heavy atom. The number of fused-ring (bicyclic) bond motifs is 1. The normalized spacial score (nSPS) is 30.6. The van der Waals surface area contributed by atoms with Gasteiger partial charge in [-0.2, -0.15) is 8.42 Å². The van der Waals surface area contributed by atoms with Crippen LogP contribution in [0, 0.1) is 0 Å². The van der Waals surface area contributed by atoms with Gasteiger partial charge < -0.3 is 5.32 Å². The summed E-state index contributed by atoms with van der Waals surface area (Å²) in [6.07, 6.45) is 0.566. The Kier molecular flexibility index (Phi) is 1.88. The highest BCUT2D eigenvalue weighted by Gasteiger charge is 2.55. The van der Waals surface area contributed by atoms with Crippen LogP contribution in [0.3, 0.4) is 0 Å². The van der Waals surface area contributed by atoms with E-state index < -0.39 is 22.2 Å². The largest absolute Gasteiger partial charge is 0.327 e. The molecule has 0 aromatic rings. The summed E-state index contributed by atoms with van der Waals surface area (Å²) in [5, 5.41) is 2.86. The first kappa shape index (κ1) is 9.25. The van der Waals surface area contributed by atoms with Crippen LogP contribution in [-0.4, -0.2) is 37.3 Å². The highest BCUT2D eigenvalue weighted by molar-refractivity contribution is 7.88. The van der Waals surface area contributed by atoms with Crippen molar-refractivity contribution >= 4 is 16.1 Å². The molecule has 9 heteroatoms. The molecule has 2 fully saturated rings. The molecule has 8 nitrogen and oxygen atoms in total. The minimum absolute atomic E-state index is 0.377. The Balaban J connectivity index is 2.29. The quantitative estimate of drug-likeness (QED) is 0.279. The monoisotopic (exact) mass is 217 g/mol. The van der Waals surface area contributed by atoms with Gasteiger partial charge in [0, 0.05) is 4.91 Å². The number of nitrogens with zero attached hydrogens (tertiary/aromatic N) is 4. The lowest BCUT2D eigenvalue weighted by atomic mass is 10.0. The Labute approximate surface area is 79.7 Å². The third-order valence-electron chi connectivity index (χ3n) is 2.36. The van der Waals surface area contributed by atoms with Crippen molar-refractivity contribution in [2.75, 3.05) is 6.54 Å². The highest BCUT2D eigenvalue weighted by atomic mass is 32.2. The van der Waals surface area contributed by atoms with Gasteiger partial charge in [-0.05, 0) is 18.5 Å². The van der Waals surface area contributed by atoms with Crippen LogP contribution in [0.4, 0.5) is 0 Å². The second-order valence-corrected chi connectivity index (χ2v) is 4.52. The van der Waals surface area contributed by atoms with Crippen molar-refractivity contribution in [1.82, 2.24) is 9.62 Å². The zero-order chi connectivity index (χ0) is 10.3. The minimum Gasteiger partial charge on any atom is -0.304 e. The molecule has 2 rings (SSSR count). The molecule has 2 heterocycles. The molecule has 2 aliphatic heterocycles. The molecule has 14 heavy (non-hydrogen) atoms. The molecule has 0 aromatic carbocycles. The Bertz CT molecular complexity index is 425. The molecule has 1 amide bonds. The third-order valence-corrected chi connectivity index (χ3v) is 3.59. The fourth-order valence-corrected chi connectivity index (χ4v) is 2.86. The predicted octanol–water partition coefficient (Wildman–Crippen LogP) is -0.886. The molecule has 0 aliphatic carbocycles. The fourth-order valence-electron chi connectivity index (χ4n) is 1.78. The van der Waals surface area contributed by atoms with Crippen LogP contribution in [0.15, 0.2) is 4.52 Å². The number of nitrogens with one attached hydrogen (secondary N) is 1. The molecule has 2 aliphatic rings. The zero-order valence-corrected chi connectivity index (χ0v) is 7.81. The minimum atomic E-state index is -4.12. The summed E-state index contributed by atoms with van der Waals surface area (Å²) in [5.74, 6) is -0.542. The summed E-state index contributed by atoms with van der Waals surface area (Å²) >= 11 is 0. The molecule has 2 saturated heterocycles. The number of rotatable bonds is 2. The second-order valence-electron chi connectivity index (χ2n) is 3.07. The van der Waals surface area contributed by atoms with Gasteiger partial charge in [0.05, 0.1) is 10.6 Å². The van der Waals surface area contributed by atoms with Crippen molar-refractivity contribution in [1.29, 1.82) is 0 Å². The van der Waals surface area contributed by atoms with Crippen molar-refractivity contribution in [3.05, 3.63) is 10.4 Å². The third kappa shape index (κ3) is 1.07. The van der Waals surface area contributed by atoms with Crippen molar-refractivity contribution in [3.8, 4) is 0 Å². The smallest absolute Gasteiger partial charge is 0.304 e. The van der Waals surface area contributed by atoms with E-state index in [0.717, 1.165) is 0 Å². The first-order chi connectivity index (χ1) is 6.58. The lowest BCUT2D eigenvalue weighted by Crippen LogP contribution is -2.66. The number of carbonyl (C=O) groups is 1. The lowest BCUT2D eigenvalue weighted by molar-refractivity contribution is -0.139. The Hall–Kier alpha value is -1.31. The maximum Gasteiger partial charge on any atom is 0.327 e. The molecular formula is C5H7N5O3S. The van der Waals surface area contributed by atoms with Crippen LogP contribution < -0.4 is 5.32 Å². The molecule has 0 bridgehead atoms. The Morgan fingerprint density at radius 3 is 3.00 bits per heavy atom. The lowest BCUT2D eigenvalue weighted by Gasteiger charge is -2.40. The van der Waals surface area contributed by atoms with Gasteiger partial charge in [0.1, 0.15) is 6.04 Å². The van der Waals surface area contributed by atoms with E-state index in [1.165, 1.54) is 0 Å². The molecule has 2 unspecified atom stereocenters. The fraction of sp³-hybridized carbons (Fsp3) is 0.800. The van der Waals surface area contributed by atoms with Crippen molar-refractivity contribution < 1.29 is 13.2 Å². The number of β-lactam (4-membered cyclic amide) rings is 1. The van der Waals surface area contributed by atoms with E-state index in [2.05, 4.69) is 14.7 Å². The molecule has 76 valence electrons. The standard InChI is InChI=1S/C5H7N5O3S/c6-8-9-14(12,13)10-3-1-2-7-4(3)5(10)11/h3-4,7H,1-2H2. The van der Waals surface area contributed by atoms with Crippen LogP contribution in [0.5, 0.6) is 0 Å². The Morgan fingerprint density at radius 1 is 1.64 bits per heavy atom. The van der Waals surface area contributed by atoms with Gasteiger partial charge in [-0.15, -0.1) is 0 Å². The van der Waals surface area contributed by atoms with Crippen molar-refractivity contribution in [2.24, 2.45) is 4.52 Å². The maximum absolute atomic E-state index is 11.3. The van der Waals surface area contributed by atoms with Gasteiger partial charge >= 0.3 is 10.2 Å². The van der Waals surface area contributed by atoms with Gasteiger partial charge in [-0.25, -0.2) is 4.31 Å². The SMILES string of the molecule is [N-]=[N+]=NS(=O)(=O)N1C(=O)C2NCCC21. The van der Waals surface area contributed by atoms with Gasteiger partial charge in [0.15, 0.2) is 0 Å². The average molecular weight is 217 g/mol.